The van der Waals surface area contributed by atoms with Crippen LogP contribution < -0.4 is 5.73 Å². The van der Waals surface area contributed by atoms with Crippen LogP contribution in [0.5, 0.6) is 0 Å². The molecule has 78 valence electrons. The van der Waals surface area contributed by atoms with E-state index in [1.165, 1.54) is 11.9 Å². The minimum Gasteiger partial charge on any atom is -0.318 e. The largest absolute Gasteiger partial charge is 0.318 e. The number of hydrogen-bond donors (Lipinski definition) is 2. The fourth-order valence-electron chi connectivity index (χ4n) is 1.53. The fraction of sp³-hybridized carbons (Fsp3) is 0.273. The summed E-state index contributed by atoms with van der Waals surface area (Å²) in [7, 11) is 0. The molecule has 4 nitrogen and oxygen atoms in total. The van der Waals surface area contributed by atoms with Crippen molar-refractivity contribution in [3.8, 4) is 0 Å². The molecular weight excluding hydrogens is 188 g/mol. The van der Waals surface area contributed by atoms with Crippen LogP contribution in [0.3, 0.4) is 0 Å². The maximum absolute atomic E-state index is 6.05. The Morgan fingerprint density at radius 3 is 3.00 bits per heavy atom. The standard InChI is InChI=1S/C11H14N4/c1-2-8-4-3-5-9(6-8)10(12)11-13-7-14-15-11/h3-7,10H,2,12H2,1H3,(H,13,14,15). The predicted molar refractivity (Wildman–Crippen MR) is 58.2 cm³/mol. The summed E-state index contributed by atoms with van der Waals surface area (Å²) in [4.78, 5) is 4.06. The molecule has 0 saturated heterocycles. The van der Waals surface area contributed by atoms with E-state index in [0.29, 0.717) is 5.82 Å². The first-order chi connectivity index (χ1) is 7.31. The van der Waals surface area contributed by atoms with Crippen LogP contribution in [0.1, 0.15) is 29.9 Å². The van der Waals surface area contributed by atoms with E-state index in [1.54, 1.807) is 0 Å². The first kappa shape index (κ1) is 9.86. The zero-order chi connectivity index (χ0) is 10.7. The smallest absolute Gasteiger partial charge is 0.145 e. The van der Waals surface area contributed by atoms with Crippen molar-refractivity contribution in [1.82, 2.24) is 15.2 Å². The lowest BCUT2D eigenvalue weighted by molar-refractivity contribution is 0.785. The van der Waals surface area contributed by atoms with E-state index in [-0.39, 0.29) is 6.04 Å². The minimum absolute atomic E-state index is 0.223. The van der Waals surface area contributed by atoms with Crippen LogP contribution in [0, 0.1) is 0 Å². The van der Waals surface area contributed by atoms with E-state index in [2.05, 4.69) is 34.2 Å². The Morgan fingerprint density at radius 1 is 1.47 bits per heavy atom. The van der Waals surface area contributed by atoms with E-state index >= 15 is 0 Å². The molecule has 1 aromatic heterocycles. The highest BCUT2D eigenvalue weighted by Gasteiger charge is 2.11. The van der Waals surface area contributed by atoms with Gasteiger partial charge in [0.15, 0.2) is 0 Å². The summed E-state index contributed by atoms with van der Waals surface area (Å²) < 4.78 is 0. The predicted octanol–water partition coefficient (Wildman–Crippen LogP) is 1.42. The molecule has 3 N–H and O–H groups in total. The van der Waals surface area contributed by atoms with Crippen molar-refractivity contribution in [1.29, 1.82) is 0 Å². The van der Waals surface area contributed by atoms with E-state index in [4.69, 9.17) is 5.73 Å². The first-order valence-electron chi connectivity index (χ1n) is 5.01. The Bertz CT molecular complexity index is 422. The van der Waals surface area contributed by atoms with Crippen LogP contribution in [-0.2, 0) is 6.42 Å². The molecule has 0 saturated carbocycles. The summed E-state index contributed by atoms with van der Waals surface area (Å²) in [5.74, 6) is 0.697. The highest BCUT2D eigenvalue weighted by Crippen LogP contribution is 2.16. The summed E-state index contributed by atoms with van der Waals surface area (Å²) in [6.07, 6.45) is 2.48. The summed E-state index contributed by atoms with van der Waals surface area (Å²) in [6.45, 7) is 2.12. The number of H-pyrrole nitrogens is 1. The molecule has 0 bridgehead atoms. The normalized spacial score (nSPS) is 12.7. The summed E-state index contributed by atoms with van der Waals surface area (Å²) in [5.41, 5.74) is 8.39. The van der Waals surface area contributed by atoms with Gasteiger partial charge in [0.1, 0.15) is 12.2 Å². The molecule has 0 radical (unpaired) electrons. The number of benzene rings is 1. The van der Waals surface area contributed by atoms with E-state index in [0.717, 1.165) is 12.0 Å². The molecule has 1 heterocycles. The van der Waals surface area contributed by atoms with Gasteiger partial charge >= 0.3 is 0 Å². The third kappa shape index (κ3) is 2.05. The molecule has 0 spiro atoms. The highest BCUT2D eigenvalue weighted by molar-refractivity contribution is 5.28. The lowest BCUT2D eigenvalue weighted by Gasteiger charge is -2.09. The second-order valence-electron chi connectivity index (χ2n) is 3.45. The Balaban J connectivity index is 2.29. The van der Waals surface area contributed by atoms with Crippen LogP contribution in [-0.4, -0.2) is 15.2 Å². The molecule has 0 aliphatic carbocycles. The van der Waals surface area contributed by atoms with Gasteiger partial charge in [0.2, 0.25) is 0 Å². The van der Waals surface area contributed by atoms with E-state index in [9.17, 15) is 0 Å². The number of nitrogens with zero attached hydrogens (tertiary/aromatic N) is 2. The Kier molecular flexibility index (Phi) is 2.78. The second kappa shape index (κ2) is 4.23. The van der Waals surface area contributed by atoms with Gasteiger partial charge < -0.3 is 5.73 Å². The van der Waals surface area contributed by atoms with Crippen molar-refractivity contribution in [2.45, 2.75) is 19.4 Å². The van der Waals surface area contributed by atoms with Gasteiger partial charge in [-0.25, -0.2) is 4.98 Å². The second-order valence-corrected chi connectivity index (χ2v) is 3.45. The molecular formula is C11H14N4. The van der Waals surface area contributed by atoms with Crippen LogP contribution in [0.25, 0.3) is 0 Å². The zero-order valence-electron chi connectivity index (χ0n) is 8.64. The maximum Gasteiger partial charge on any atom is 0.145 e. The summed E-state index contributed by atoms with van der Waals surface area (Å²) in [6, 6.07) is 8.00. The lowest BCUT2D eigenvalue weighted by Crippen LogP contribution is -2.13. The third-order valence-electron chi connectivity index (χ3n) is 2.45. The highest BCUT2D eigenvalue weighted by atomic mass is 15.2. The monoisotopic (exact) mass is 202 g/mol. The Labute approximate surface area is 88.5 Å². The van der Waals surface area contributed by atoms with Gasteiger partial charge in [-0.3, -0.25) is 5.10 Å². The molecule has 0 amide bonds. The van der Waals surface area contributed by atoms with Crippen molar-refractivity contribution in [2.75, 3.05) is 0 Å². The number of aromatic nitrogens is 3. The quantitative estimate of drug-likeness (QED) is 0.790. The molecule has 0 aliphatic heterocycles. The number of nitrogens with two attached hydrogens (primary N) is 1. The van der Waals surface area contributed by atoms with Crippen molar-refractivity contribution < 1.29 is 0 Å². The molecule has 0 aliphatic rings. The number of nitrogens with one attached hydrogen (secondary N) is 1. The summed E-state index contributed by atoms with van der Waals surface area (Å²) in [5, 5.41) is 6.58. The van der Waals surface area contributed by atoms with Crippen molar-refractivity contribution in [3.05, 3.63) is 47.5 Å². The molecule has 1 atom stereocenters. The van der Waals surface area contributed by atoms with Crippen molar-refractivity contribution >= 4 is 0 Å². The molecule has 1 aromatic carbocycles. The van der Waals surface area contributed by atoms with Gasteiger partial charge in [0.25, 0.3) is 0 Å². The summed E-state index contributed by atoms with van der Waals surface area (Å²) >= 11 is 0. The zero-order valence-corrected chi connectivity index (χ0v) is 8.64. The molecule has 15 heavy (non-hydrogen) atoms. The molecule has 2 aromatic rings. The maximum atomic E-state index is 6.05. The topological polar surface area (TPSA) is 67.6 Å². The van der Waals surface area contributed by atoms with E-state index in [1.807, 2.05) is 12.1 Å². The average molecular weight is 202 g/mol. The number of aryl methyl sites for hydroxylation is 1. The van der Waals surface area contributed by atoms with Gasteiger partial charge in [-0.15, -0.1) is 0 Å². The van der Waals surface area contributed by atoms with Crippen molar-refractivity contribution in [2.24, 2.45) is 5.73 Å². The van der Waals surface area contributed by atoms with Gasteiger partial charge in [0.05, 0.1) is 6.04 Å². The van der Waals surface area contributed by atoms with Gasteiger partial charge in [-0.1, -0.05) is 31.2 Å². The average Bonchev–Trinajstić information content (AvgIpc) is 2.81. The SMILES string of the molecule is CCc1cccc(C(N)c2ncn[nH]2)c1. The lowest BCUT2D eigenvalue weighted by atomic mass is 10.0. The van der Waals surface area contributed by atoms with Crippen LogP contribution in [0.15, 0.2) is 30.6 Å². The number of hydrogen-bond acceptors (Lipinski definition) is 3. The van der Waals surface area contributed by atoms with Gasteiger partial charge in [-0.05, 0) is 17.5 Å². The van der Waals surface area contributed by atoms with Crippen LogP contribution in [0.2, 0.25) is 0 Å². The molecule has 0 fully saturated rings. The molecule has 2 rings (SSSR count). The third-order valence-corrected chi connectivity index (χ3v) is 2.45. The van der Waals surface area contributed by atoms with E-state index < -0.39 is 0 Å². The first-order valence-corrected chi connectivity index (χ1v) is 5.01. The van der Waals surface area contributed by atoms with Crippen LogP contribution in [0.4, 0.5) is 0 Å². The van der Waals surface area contributed by atoms with Crippen molar-refractivity contribution in [3.63, 3.8) is 0 Å². The number of aromatic amines is 1. The van der Waals surface area contributed by atoms with Gasteiger partial charge in [-0.2, -0.15) is 5.10 Å². The fourth-order valence-corrected chi connectivity index (χ4v) is 1.53. The Hall–Kier alpha value is -1.68. The minimum atomic E-state index is -0.223. The number of rotatable bonds is 3. The molecule has 1 unspecified atom stereocenters. The molecule has 4 heteroatoms. The van der Waals surface area contributed by atoms with Gasteiger partial charge in [0, 0.05) is 0 Å². The Morgan fingerprint density at radius 2 is 2.33 bits per heavy atom. The van der Waals surface area contributed by atoms with Crippen LogP contribution >= 0.6 is 0 Å².